The maximum absolute atomic E-state index is 14.0. The number of fused-ring (bicyclic) bond motifs is 4. The summed E-state index contributed by atoms with van der Waals surface area (Å²) in [6, 6.07) is 13.6. The summed E-state index contributed by atoms with van der Waals surface area (Å²) in [5.74, 6) is 0.171. The third-order valence-corrected chi connectivity index (χ3v) is 6.37. The molecule has 0 fully saturated rings. The van der Waals surface area contributed by atoms with Crippen LogP contribution in [0.4, 0.5) is 0 Å². The Kier molecular flexibility index (Phi) is 4.35. The number of hydrogen-bond donors (Lipinski definition) is 0. The van der Waals surface area contributed by atoms with E-state index >= 15 is 0 Å². The fourth-order valence-corrected chi connectivity index (χ4v) is 4.74. The maximum atomic E-state index is 14.0. The number of aromatic nitrogens is 3. The molecule has 0 aliphatic rings. The second-order valence-electron chi connectivity index (χ2n) is 8.91. The van der Waals surface area contributed by atoms with Gasteiger partial charge in [-0.15, -0.1) is 0 Å². The first-order valence-corrected chi connectivity index (χ1v) is 10.7. The van der Waals surface area contributed by atoms with Crippen LogP contribution >= 0.6 is 0 Å². The molecule has 0 saturated carbocycles. The number of benzene rings is 3. The van der Waals surface area contributed by atoms with Gasteiger partial charge in [0.05, 0.1) is 21.9 Å². The number of aryl methyl sites for hydroxylation is 6. The summed E-state index contributed by atoms with van der Waals surface area (Å²) >= 11 is 0. The predicted octanol–water partition coefficient (Wildman–Crippen LogP) is 5.34. The molecule has 5 nitrogen and oxygen atoms in total. The first-order valence-electron chi connectivity index (χ1n) is 10.7. The van der Waals surface area contributed by atoms with Crippen LogP contribution in [-0.2, 0) is 0 Å². The van der Waals surface area contributed by atoms with Crippen molar-refractivity contribution in [1.29, 1.82) is 0 Å². The highest BCUT2D eigenvalue weighted by molar-refractivity contribution is 6.06. The molecule has 0 N–H and O–H groups in total. The van der Waals surface area contributed by atoms with E-state index < -0.39 is 0 Å². The zero-order valence-electron chi connectivity index (χ0n) is 19.2. The van der Waals surface area contributed by atoms with E-state index in [1.165, 1.54) is 0 Å². The molecule has 5 aromatic rings. The number of carbonyl (C=O) groups is 1. The summed E-state index contributed by atoms with van der Waals surface area (Å²) in [6.45, 7) is 11.9. The molecular formula is C27H25N3O2. The fraction of sp³-hybridized carbons (Fsp3) is 0.222. The quantitative estimate of drug-likeness (QED) is 0.366. The molecule has 0 spiro atoms. The van der Waals surface area contributed by atoms with Gasteiger partial charge < -0.3 is 0 Å². The summed E-state index contributed by atoms with van der Waals surface area (Å²) in [5.41, 5.74) is 8.50. The van der Waals surface area contributed by atoms with Gasteiger partial charge in [0, 0.05) is 5.56 Å². The van der Waals surface area contributed by atoms with E-state index in [9.17, 15) is 9.59 Å². The van der Waals surface area contributed by atoms with Gasteiger partial charge in [-0.05, 0) is 88.1 Å². The number of imidazole rings is 1. The minimum absolute atomic E-state index is 0.161. The predicted molar refractivity (Wildman–Crippen MR) is 129 cm³/mol. The van der Waals surface area contributed by atoms with Crippen LogP contribution in [0.15, 0.2) is 47.3 Å². The van der Waals surface area contributed by atoms with Crippen molar-refractivity contribution in [2.24, 2.45) is 0 Å². The lowest BCUT2D eigenvalue weighted by Gasteiger charge is -2.12. The van der Waals surface area contributed by atoms with Crippen molar-refractivity contribution < 1.29 is 4.79 Å². The van der Waals surface area contributed by atoms with Crippen molar-refractivity contribution in [1.82, 2.24) is 14.0 Å². The van der Waals surface area contributed by atoms with Crippen molar-refractivity contribution in [3.05, 3.63) is 91.8 Å². The molecule has 0 atom stereocenters. The minimum atomic E-state index is -0.172. The third-order valence-electron chi connectivity index (χ3n) is 6.37. The highest BCUT2D eigenvalue weighted by Crippen LogP contribution is 2.27. The summed E-state index contributed by atoms with van der Waals surface area (Å²) in [6.07, 6.45) is 0. The highest BCUT2D eigenvalue weighted by atomic mass is 16.2. The Balaban J connectivity index is 1.99. The Morgan fingerprint density at radius 3 is 2.03 bits per heavy atom. The second-order valence-corrected chi connectivity index (χ2v) is 8.91. The molecule has 0 amide bonds. The van der Waals surface area contributed by atoms with Crippen LogP contribution < -0.4 is 5.56 Å². The van der Waals surface area contributed by atoms with Gasteiger partial charge in [0.15, 0.2) is 0 Å². The standard InChI is InChI=1S/C27H25N3O2/c1-14-7-8-21-20(11-14)25(31)29-22-12-16(3)17(4)13-23(22)30(27(29)28-21)26(32)24-18(5)9-15(2)10-19(24)6/h7-13H,1-6H3. The van der Waals surface area contributed by atoms with Gasteiger partial charge in [0.1, 0.15) is 0 Å². The maximum Gasteiger partial charge on any atom is 0.267 e. The van der Waals surface area contributed by atoms with E-state index in [1.807, 2.05) is 84.0 Å². The van der Waals surface area contributed by atoms with Crippen LogP contribution in [0, 0.1) is 41.5 Å². The third kappa shape index (κ3) is 2.81. The molecule has 2 heterocycles. The first kappa shape index (κ1) is 20.2. The Morgan fingerprint density at radius 1 is 0.750 bits per heavy atom. The van der Waals surface area contributed by atoms with Crippen molar-refractivity contribution in [2.45, 2.75) is 41.5 Å². The monoisotopic (exact) mass is 423 g/mol. The zero-order valence-corrected chi connectivity index (χ0v) is 19.2. The summed E-state index contributed by atoms with van der Waals surface area (Å²) < 4.78 is 3.19. The lowest BCUT2D eigenvalue weighted by Crippen LogP contribution is -2.19. The molecule has 0 bridgehead atoms. The average molecular weight is 424 g/mol. The molecule has 32 heavy (non-hydrogen) atoms. The van der Waals surface area contributed by atoms with Gasteiger partial charge in [-0.1, -0.05) is 29.3 Å². The van der Waals surface area contributed by atoms with Crippen LogP contribution in [0.3, 0.4) is 0 Å². The van der Waals surface area contributed by atoms with Crippen LogP contribution in [0.1, 0.15) is 43.7 Å². The van der Waals surface area contributed by atoms with Crippen molar-refractivity contribution in [3.8, 4) is 0 Å². The lowest BCUT2D eigenvalue weighted by molar-refractivity contribution is 0.0967. The smallest absolute Gasteiger partial charge is 0.267 e. The molecular weight excluding hydrogens is 398 g/mol. The molecule has 160 valence electrons. The topological polar surface area (TPSA) is 56.4 Å². The Hall–Kier alpha value is -3.73. The Bertz CT molecular complexity index is 1650. The molecule has 5 rings (SSSR count). The van der Waals surface area contributed by atoms with Gasteiger partial charge in [0.2, 0.25) is 5.78 Å². The molecule has 3 aromatic carbocycles. The summed E-state index contributed by atoms with van der Waals surface area (Å²) in [7, 11) is 0. The SMILES string of the molecule is Cc1cc(C)c(C(=O)n2c3cc(C)c(C)cc3n3c(=O)c4cc(C)ccc4nc23)c(C)c1. The average Bonchev–Trinajstić information content (AvgIpc) is 3.01. The Morgan fingerprint density at radius 2 is 1.38 bits per heavy atom. The first-order chi connectivity index (χ1) is 15.2. The van der Waals surface area contributed by atoms with Gasteiger partial charge in [0.25, 0.3) is 11.5 Å². The number of hydrogen-bond acceptors (Lipinski definition) is 3. The molecule has 0 unspecified atom stereocenters. The Labute approximate surface area is 185 Å². The van der Waals surface area contributed by atoms with Crippen LogP contribution in [0.5, 0.6) is 0 Å². The van der Waals surface area contributed by atoms with E-state index in [-0.39, 0.29) is 11.5 Å². The molecule has 0 aliphatic heterocycles. The van der Waals surface area contributed by atoms with E-state index in [0.29, 0.717) is 33.3 Å². The normalized spacial score (nSPS) is 11.7. The summed E-state index contributed by atoms with van der Waals surface area (Å²) in [5, 5.41) is 0.551. The van der Waals surface area contributed by atoms with Gasteiger partial charge in [-0.2, -0.15) is 0 Å². The van der Waals surface area contributed by atoms with Gasteiger partial charge in [-0.3, -0.25) is 9.59 Å². The molecule has 0 aliphatic carbocycles. The minimum Gasteiger partial charge on any atom is -0.268 e. The lowest BCUT2D eigenvalue weighted by atomic mass is 9.99. The van der Waals surface area contributed by atoms with Crippen molar-refractivity contribution in [3.63, 3.8) is 0 Å². The van der Waals surface area contributed by atoms with Gasteiger partial charge >= 0.3 is 0 Å². The van der Waals surface area contributed by atoms with Crippen LogP contribution in [0.25, 0.3) is 27.7 Å². The number of rotatable bonds is 1. The molecule has 0 saturated heterocycles. The van der Waals surface area contributed by atoms with E-state index in [2.05, 4.69) is 0 Å². The largest absolute Gasteiger partial charge is 0.268 e. The van der Waals surface area contributed by atoms with E-state index in [1.54, 1.807) is 8.97 Å². The molecule has 0 radical (unpaired) electrons. The second kappa shape index (κ2) is 6.89. The fourth-order valence-electron chi connectivity index (χ4n) is 4.74. The molecule has 2 aromatic heterocycles. The van der Waals surface area contributed by atoms with E-state index in [4.69, 9.17) is 4.98 Å². The van der Waals surface area contributed by atoms with Gasteiger partial charge in [-0.25, -0.2) is 14.0 Å². The highest BCUT2D eigenvalue weighted by Gasteiger charge is 2.24. The summed E-state index contributed by atoms with van der Waals surface area (Å²) in [4.78, 5) is 32.4. The van der Waals surface area contributed by atoms with Crippen molar-refractivity contribution in [2.75, 3.05) is 0 Å². The van der Waals surface area contributed by atoms with Crippen molar-refractivity contribution >= 4 is 33.6 Å². The van der Waals surface area contributed by atoms with Crippen LogP contribution in [-0.4, -0.2) is 19.9 Å². The molecule has 5 heteroatoms. The zero-order chi connectivity index (χ0) is 22.9. The number of carbonyl (C=O) groups excluding carboxylic acids is 1. The number of nitrogens with zero attached hydrogens (tertiary/aromatic N) is 3. The van der Waals surface area contributed by atoms with E-state index in [0.717, 1.165) is 33.4 Å². The van der Waals surface area contributed by atoms with Crippen LogP contribution in [0.2, 0.25) is 0 Å².